The number of ether oxygens (including phenoxy) is 2. The highest BCUT2D eigenvalue weighted by Crippen LogP contribution is 2.38. The third-order valence-electron chi connectivity index (χ3n) is 4.16. The lowest BCUT2D eigenvalue weighted by molar-refractivity contribution is 0.174. The first-order chi connectivity index (χ1) is 12.2. The normalized spacial score (nSPS) is 12.0. The van der Waals surface area contributed by atoms with Crippen LogP contribution < -0.4 is 15.2 Å². The molecule has 1 aromatic heterocycles. The summed E-state index contributed by atoms with van der Waals surface area (Å²) < 4.78 is 10.8. The fraction of sp³-hybridized carbons (Fsp3) is 0.100. The van der Waals surface area contributed by atoms with Gasteiger partial charge in [-0.05, 0) is 36.8 Å². The molecule has 0 atom stereocenters. The summed E-state index contributed by atoms with van der Waals surface area (Å²) in [6.07, 6.45) is 0. The monoisotopic (exact) mass is 329 g/mol. The van der Waals surface area contributed by atoms with Crippen molar-refractivity contribution in [2.75, 3.05) is 12.5 Å². The number of nitrogens with zero attached hydrogens (tertiary/aromatic N) is 2. The van der Waals surface area contributed by atoms with Crippen molar-refractivity contribution in [2.24, 2.45) is 0 Å². The second-order valence-corrected chi connectivity index (χ2v) is 5.86. The number of hydrogen-bond donors (Lipinski definition) is 1. The molecule has 2 heterocycles. The quantitative estimate of drug-likeness (QED) is 0.771. The zero-order chi connectivity index (χ0) is 17.4. The summed E-state index contributed by atoms with van der Waals surface area (Å²) in [5, 5.41) is 9.53. The van der Waals surface area contributed by atoms with Gasteiger partial charge >= 0.3 is 0 Å². The smallest absolute Gasteiger partial charge is 0.231 e. The lowest BCUT2D eigenvalue weighted by Crippen LogP contribution is -2.00. The van der Waals surface area contributed by atoms with Gasteiger partial charge in [0.2, 0.25) is 6.79 Å². The molecule has 0 fully saturated rings. The maximum absolute atomic E-state index is 9.53. The molecule has 0 aliphatic carbocycles. The lowest BCUT2D eigenvalue weighted by atomic mass is 9.97. The predicted molar refractivity (Wildman–Crippen MR) is 95.1 cm³/mol. The summed E-state index contributed by atoms with van der Waals surface area (Å²) in [6, 6.07) is 17.6. The Balaban J connectivity index is 1.90. The van der Waals surface area contributed by atoms with Gasteiger partial charge in [0.25, 0.3) is 0 Å². The molecule has 25 heavy (non-hydrogen) atoms. The first-order valence-corrected chi connectivity index (χ1v) is 7.83. The number of nitrogen functional groups attached to an aromatic ring is 1. The van der Waals surface area contributed by atoms with E-state index in [4.69, 9.17) is 15.2 Å². The van der Waals surface area contributed by atoms with Crippen LogP contribution in [0.2, 0.25) is 0 Å². The fourth-order valence-electron chi connectivity index (χ4n) is 2.93. The summed E-state index contributed by atoms with van der Waals surface area (Å²) in [5.41, 5.74) is 10.8. The zero-order valence-corrected chi connectivity index (χ0v) is 13.6. The van der Waals surface area contributed by atoms with Gasteiger partial charge in [0.15, 0.2) is 11.5 Å². The van der Waals surface area contributed by atoms with E-state index in [9.17, 15) is 5.26 Å². The predicted octanol–water partition coefficient (Wildman–Crippen LogP) is 3.91. The van der Waals surface area contributed by atoms with E-state index < -0.39 is 0 Å². The van der Waals surface area contributed by atoms with Gasteiger partial charge in [-0.15, -0.1) is 0 Å². The third kappa shape index (κ3) is 2.64. The Morgan fingerprint density at radius 1 is 1.04 bits per heavy atom. The van der Waals surface area contributed by atoms with Crippen LogP contribution in [-0.2, 0) is 0 Å². The van der Waals surface area contributed by atoms with Crippen molar-refractivity contribution < 1.29 is 9.47 Å². The highest BCUT2D eigenvalue weighted by atomic mass is 16.7. The molecule has 1 aliphatic rings. The Morgan fingerprint density at radius 2 is 1.88 bits per heavy atom. The molecule has 0 amide bonds. The molecule has 2 aromatic carbocycles. The second-order valence-electron chi connectivity index (χ2n) is 5.86. The van der Waals surface area contributed by atoms with Gasteiger partial charge in [-0.3, -0.25) is 0 Å². The van der Waals surface area contributed by atoms with Crippen LogP contribution in [0.1, 0.15) is 11.1 Å². The minimum absolute atomic E-state index is 0.205. The van der Waals surface area contributed by atoms with Crippen molar-refractivity contribution in [3.8, 4) is 40.0 Å². The maximum Gasteiger partial charge on any atom is 0.231 e. The Bertz CT molecular complexity index is 1020. The second kappa shape index (κ2) is 5.84. The van der Waals surface area contributed by atoms with Crippen LogP contribution in [0.5, 0.6) is 11.5 Å². The van der Waals surface area contributed by atoms with Crippen molar-refractivity contribution in [1.82, 2.24) is 4.98 Å². The minimum Gasteiger partial charge on any atom is -0.454 e. The number of anilines is 1. The van der Waals surface area contributed by atoms with E-state index in [1.165, 1.54) is 0 Å². The summed E-state index contributed by atoms with van der Waals surface area (Å²) in [6.45, 7) is 2.23. The lowest BCUT2D eigenvalue weighted by Gasteiger charge is -2.11. The van der Waals surface area contributed by atoms with Crippen LogP contribution >= 0.6 is 0 Å². The van der Waals surface area contributed by atoms with E-state index in [1.54, 1.807) is 0 Å². The number of pyridine rings is 1. The molecule has 1 aliphatic heterocycles. The molecule has 4 rings (SSSR count). The first kappa shape index (κ1) is 15.0. The average Bonchev–Trinajstić information content (AvgIpc) is 3.08. The number of rotatable bonds is 2. The summed E-state index contributed by atoms with van der Waals surface area (Å²) in [5.74, 6) is 1.58. The van der Waals surface area contributed by atoms with Gasteiger partial charge < -0.3 is 15.2 Å². The topological polar surface area (TPSA) is 81.2 Å². The number of aromatic nitrogens is 1. The van der Waals surface area contributed by atoms with Crippen LogP contribution in [0.15, 0.2) is 48.5 Å². The van der Waals surface area contributed by atoms with Crippen molar-refractivity contribution in [3.05, 3.63) is 59.7 Å². The van der Waals surface area contributed by atoms with Gasteiger partial charge in [0.05, 0.1) is 5.69 Å². The van der Waals surface area contributed by atoms with Gasteiger partial charge in [-0.2, -0.15) is 5.26 Å². The molecule has 0 bridgehead atoms. The number of nitrogens with two attached hydrogens (primary N) is 1. The van der Waals surface area contributed by atoms with Crippen molar-refractivity contribution in [1.29, 1.82) is 5.26 Å². The third-order valence-corrected chi connectivity index (χ3v) is 4.16. The van der Waals surface area contributed by atoms with E-state index in [2.05, 4.69) is 11.1 Å². The number of aryl methyl sites for hydroxylation is 1. The summed E-state index contributed by atoms with van der Waals surface area (Å²) in [7, 11) is 0. The molecule has 0 spiro atoms. The van der Waals surface area contributed by atoms with Crippen LogP contribution in [-0.4, -0.2) is 11.8 Å². The van der Waals surface area contributed by atoms with Gasteiger partial charge in [-0.1, -0.05) is 29.8 Å². The average molecular weight is 329 g/mol. The molecule has 0 unspecified atom stereocenters. The standard InChI is InChI=1S/C20H15N3O2/c1-12-3-2-4-14(7-12)17-9-15(16(10-21)20(22)23-17)13-5-6-18-19(8-13)25-11-24-18/h2-9H,11H2,1H3,(H2,22,23). The van der Waals surface area contributed by atoms with E-state index >= 15 is 0 Å². The summed E-state index contributed by atoms with van der Waals surface area (Å²) >= 11 is 0. The molecule has 5 heteroatoms. The van der Waals surface area contributed by atoms with Crippen molar-refractivity contribution in [3.63, 3.8) is 0 Å². The molecule has 0 saturated heterocycles. The van der Waals surface area contributed by atoms with Gasteiger partial charge in [-0.25, -0.2) is 4.98 Å². The Kier molecular flexibility index (Phi) is 3.51. The SMILES string of the molecule is Cc1cccc(-c2cc(-c3ccc4c(c3)OCO4)c(C#N)c(N)n2)c1. The van der Waals surface area contributed by atoms with Crippen LogP contribution in [0, 0.1) is 18.3 Å². The highest BCUT2D eigenvalue weighted by molar-refractivity contribution is 5.81. The van der Waals surface area contributed by atoms with E-state index in [-0.39, 0.29) is 12.6 Å². The number of nitriles is 1. The molecule has 2 N–H and O–H groups in total. The van der Waals surface area contributed by atoms with Crippen molar-refractivity contribution in [2.45, 2.75) is 6.92 Å². The maximum atomic E-state index is 9.53. The van der Waals surface area contributed by atoms with Crippen molar-refractivity contribution >= 4 is 5.82 Å². The van der Waals surface area contributed by atoms with E-state index in [0.717, 1.165) is 27.9 Å². The van der Waals surface area contributed by atoms with E-state index in [1.807, 2.05) is 55.5 Å². The number of hydrogen-bond acceptors (Lipinski definition) is 5. The molecular formula is C20H15N3O2. The molecule has 0 radical (unpaired) electrons. The molecule has 122 valence electrons. The molecular weight excluding hydrogens is 314 g/mol. The Hall–Kier alpha value is -3.52. The first-order valence-electron chi connectivity index (χ1n) is 7.83. The van der Waals surface area contributed by atoms with Crippen LogP contribution in [0.25, 0.3) is 22.4 Å². The van der Waals surface area contributed by atoms with Crippen LogP contribution in [0.4, 0.5) is 5.82 Å². The summed E-state index contributed by atoms with van der Waals surface area (Å²) in [4.78, 5) is 4.41. The number of benzene rings is 2. The molecule has 0 saturated carbocycles. The van der Waals surface area contributed by atoms with Gasteiger partial charge in [0, 0.05) is 11.1 Å². The molecule has 5 nitrogen and oxygen atoms in total. The van der Waals surface area contributed by atoms with Gasteiger partial charge in [0.1, 0.15) is 17.5 Å². The highest BCUT2D eigenvalue weighted by Gasteiger charge is 2.18. The largest absolute Gasteiger partial charge is 0.454 e. The zero-order valence-electron chi connectivity index (χ0n) is 13.6. The minimum atomic E-state index is 0.205. The van der Waals surface area contributed by atoms with Crippen LogP contribution in [0.3, 0.4) is 0 Å². The fourth-order valence-corrected chi connectivity index (χ4v) is 2.93. The number of fused-ring (bicyclic) bond motifs is 1. The molecule has 3 aromatic rings. The van der Waals surface area contributed by atoms with E-state index in [0.29, 0.717) is 17.1 Å². The Morgan fingerprint density at radius 3 is 2.68 bits per heavy atom. The Labute approximate surface area is 145 Å².